The van der Waals surface area contributed by atoms with E-state index >= 15 is 0 Å². The molecule has 0 aromatic heterocycles. The Morgan fingerprint density at radius 3 is 1.27 bits per heavy atom. The fourth-order valence-corrected chi connectivity index (χ4v) is 11.7. The second-order valence-corrected chi connectivity index (χ2v) is 17.0. The molecule has 0 fully saturated rings. The minimum atomic E-state index is -0.930. The van der Waals surface area contributed by atoms with Crippen LogP contribution in [0.5, 0.6) is 11.5 Å². The lowest BCUT2D eigenvalue weighted by atomic mass is 9.75. The van der Waals surface area contributed by atoms with Crippen LogP contribution in [0.25, 0.3) is 11.1 Å². The molecule has 0 radical (unpaired) electrons. The van der Waals surface area contributed by atoms with E-state index in [4.69, 9.17) is 4.74 Å². The van der Waals surface area contributed by atoms with Gasteiger partial charge in [0, 0.05) is 27.2 Å². The minimum absolute atomic E-state index is 0.304. The van der Waals surface area contributed by atoms with E-state index in [1.54, 1.807) is 0 Å². The zero-order valence-electron chi connectivity index (χ0n) is 27.1. The number of rotatable bonds is 7. The number of benzene rings is 7. The average Bonchev–Trinajstić information content (AvgIpc) is 3.14. The molecular formula is C45H36OP2. The molecule has 8 rings (SSSR count). The molecule has 0 amide bonds. The Hall–Kier alpha value is -4.80. The number of para-hydroxylation sites is 1. The Morgan fingerprint density at radius 1 is 0.375 bits per heavy atom. The van der Waals surface area contributed by atoms with Gasteiger partial charge in [-0.05, 0) is 60.3 Å². The predicted octanol–water partition coefficient (Wildman–Crippen LogP) is 9.30. The Bertz CT molecular complexity index is 2090. The van der Waals surface area contributed by atoms with Gasteiger partial charge in [-0.3, -0.25) is 0 Å². The lowest BCUT2D eigenvalue weighted by molar-refractivity contribution is 0.425. The molecule has 1 aliphatic heterocycles. The van der Waals surface area contributed by atoms with E-state index < -0.39 is 15.8 Å². The van der Waals surface area contributed by atoms with Gasteiger partial charge in [0.1, 0.15) is 11.5 Å². The third-order valence-electron chi connectivity index (χ3n) is 9.26. The zero-order valence-corrected chi connectivity index (χ0v) is 28.9. The van der Waals surface area contributed by atoms with Crippen molar-refractivity contribution < 1.29 is 4.74 Å². The van der Waals surface area contributed by atoms with Gasteiger partial charge in [0.2, 0.25) is 0 Å². The van der Waals surface area contributed by atoms with E-state index in [2.05, 4.69) is 196 Å². The second kappa shape index (κ2) is 13.0. The summed E-state index contributed by atoms with van der Waals surface area (Å²) >= 11 is 0. The van der Waals surface area contributed by atoms with Crippen molar-refractivity contribution in [1.82, 2.24) is 0 Å². The summed E-state index contributed by atoms with van der Waals surface area (Å²) in [4.78, 5) is 0. The van der Waals surface area contributed by atoms with E-state index in [0.717, 1.165) is 11.5 Å². The molecule has 7 aromatic rings. The maximum Gasteiger partial charge on any atom is 0.139 e. The van der Waals surface area contributed by atoms with Gasteiger partial charge in [-0.15, -0.1) is 0 Å². The molecule has 7 aromatic carbocycles. The zero-order chi connectivity index (χ0) is 32.5. The first-order valence-corrected chi connectivity index (χ1v) is 19.1. The van der Waals surface area contributed by atoms with Crippen molar-refractivity contribution in [3.63, 3.8) is 0 Å². The molecular weight excluding hydrogens is 618 g/mol. The van der Waals surface area contributed by atoms with Gasteiger partial charge < -0.3 is 4.74 Å². The molecule has 1 nitrogen and oxygen atoms in total. The molecule has 0 unspecified atom stereocenters. The quantitative estimate of drug-likeness (QED) is 0.156. The molecule has 3 heteroatoms. The van der Waals surface area contributed by atoms with E-state index in [0.29, 0.717) is 0 Å². The Labute approximate surface area is 286 Å². The first-order chi connectivity index (χ1) is 23.6. The highest BCUT2D eigenvalue weighted by Crippen LogP contribution is 2.53. The number of hydrogen-bond acceptors (Lipinski definition) is 1. The third kappa shape index (κ3) is 5.58. The van der Waals surface area contributed by atoms with E-state index in [1.807, 2.05) is 0 Å². The molecule has 0 spiro atoms. The van der Waals surface area contributed by atoms with Crippen LogP contribution in [0.15, 0.2) is 182 Å². The third-order valence-corrected chi connectivity index (χ3v) is 14.2. The monoisotopic (exact) mass is 654 g/mol. The van der Waals surface area contributed by atoms with Crippen LogP contribution in [0.1, 0.15) is 25.0 Å². The Kier molecular flexibility index (Phi) is 8.27. The van der Waals surface area contributed by atoms with E-state index in [9.17, 15) is 0 Å². The van der Waals surface area contributed by atoms with Crippen molar-refractivity contribution in [2.75, 3.05) is 0 Å². The molecule has 1 heterocycles. The molecule has 0 bridgehead atoms. The molecule has 1 aliphatic rings. The normalized spacial score (nSPS) is 13.1. The summed E-state index contributed by atoms with van der Waals surface area (Å²) in [6, 6.07) is 66.2. The molecule has 0 saturated heterocycles. The standard InChI is InChI=1S/C45H36OP2/c1-45(2)39-29-18-30-41(47(35-21-10-4-11-22-35)36-23-12-5-13-24-36)43(39)46-44-40(45)31-34(33-19-8-3-9-20-33)32-42(44)48(37-25-14-6-15-26-37)38-27-16-7-17-28-38/h3-32H,1-2H3. The van der Waals surface area contributed by atoms with Gasteiger partial charge in [0.15, 0.2) is 0 Å². The van der Waals surface area contributed by atoms with Crippen molar-refractivity contribution in [2.24, 2.45) is 0 Å². The van der Waals surface area contributed by atoms with Crippen molar-refractivity contribution in [3.8, 4) is 22.6 Å². The van der Waals surface area contributed by atoms with E-state index in [-0.39, 0.29) is 5.41 Å². The van der Waals surface area contributed by atoms with Gasteiger partial charge in [0.25, 0.3) is 0 Å². The molecule has 0 atom stereocenters. The van der Waals surface area contributed by atoms with Crippen molar-refractivity contribution in [3.05, 3.63) is 193 Å². The van der Waals surface area contributed by atoms with E-state index in [1.165, 1.54) is 54.1 Å². The average molecular weight is 655 g/mol. The minimum Gasteiger partial charge on any atom is -0.455 e. The summed E-state index contributed by atoms with van der Waals surface area (Å²) in [6.45, 7) is 4.74. The van der Waals surface area contributed by atoms with Crippen LogP contribution < -0.4 is 36.6 Å². The molecule has 0 N–H and O–H groups in total. The van der Waals surface area contributed by atoms with Crippen molar-refractivity contribution >= 4 is 47.7 Å². The maximum atomic E-state index is 7.45. The highest BCUT2D eigenvalue weighted by Gasteiger charge is 2.40. The smallest absolute Gasteiger partial charge is 0.139 e. The summed E-state index contributed by atoms with van der Waals surface area (Å²) in [7, 11) is -1.80. The SMILES string of the molecule is CC1(C)c2cccc(P(c3ccccc3)c3ccccc3)c2Oc2c(P(c3ccccc3)c3ccccc3)cc(-c3ccccc3)cc21. The summed E-state index contributed by atoms with van der Waals surface area (Å²) in [6.07, 6.45) is 0. The summed E-state index contributed by atoms with van der Waals surface area (Å²) < 4.78 is 7.45. The molecule has 232 valence electrons. The fraction of sp³-hybridized carbons (Fsp3) is 0.0667. The lowest BCUT2D eigenvalue weighted by Gasteiger charge is -2.39. The second-order valence-electron chi connectivity index (χ2n) is 12.6. The van der Waals surface area contributed by atoms with Crippen LogP contribution in [-0.4, -0.2) is 0 Å². The molecule has 0 aliphatic carbocycles. The summed E-state index contributed by atoms with van der Waals surface area (Å²) in [5, 5.41) is 7.74. The first kappa shape index (κ1) is 30.5. The van der Waals surface area contributed by atoms with Crippen molar-refractivity contribution in [2.45, 2.75) is 19.3 Å². The largest absolute Gasteiger partial charge is 0.455 e. The summed E-state index contributed by atoms with van der Waals surface area (Å²) in [5.41, 5.74) is 4.58. The van der Waals surface area contributed by atoms with Crippen LogP contribution in [0.3, 0.4) is 0 Å². The summed E-state index contributed by atoms with van der Waals surface area (Å²) in [5.74, 6) is 1.99. The van der Waals surface area contributed by atoms with Crippen molar-refractivity contribution in [1.29, 1.82) is 0 Å². The van der Waals surface area contributed by atoms with Crippen LogP contribution >= 0.6 is 15.8 Å². The Balaban J connectivity index is 1.40. The number of ether oxygens (including phenoxy) is 1. The lowest BCUT2D eigenvalue weighted by Crippen LogP contribution is -2.33. The molecule has 48 heavy (non-hydrogen) atoms. The van der Waals surface area contributed by atoms with Crippen LogP contribution in [0.4, 0.5) is 0 Å². The van der Waals surface area contributed by atoms with Gasteiger partial charge in [-0.2, -0.15) is 0 Å². The van der Waals surface area contributed by atoms with Gasteiger partial charge >= 0.3 is 0 Å². The van der Waals surface area contributed by atoms with Crippen LogP contribution in [0.2, 0.25) is 0 Å². The first-order valence-electron chi connectivity index (χ1n) is 16.5. The topological polar surface area (TPSA) is 9.23 Å². The molecule has 0 saturated carbocycles. The highest BCUT2D eigenvalue weighted by molar-refractivity contribution is 7.80. The van der Waals surface area contributed by atoms with Gasteiger partial charge in [-0.25, -0.2) is 0 Å². The predicted molar refractivity (Wildman–Crippen MR) is 208 cm³/mol. The van der Waals surface area contributed by atoms with Gasteiger partial charge in [0.05, 0.1) is 0 Å². The van der Waals surface area contributed by atoms with Crippen LogP contribution in [0, 0.1) is 0 Å². The van der Waals surface area contributed by atoms with Gasteiger partial charge in [-0.1, -0.05) is 184 Å². The number of hydrogen-bond donors (Lipinski definition) is 0. The Morgan fingerprint density at radius 2 is 0.792 bits per heavy atom. The number of fused-ring (bicyclic) bond motifs is 2. The van der Waals surface area contributed by atoms with Crippen LogP contribution in [-0.2, 0) is 5.41 Å². The maximum absolute atomic E-state index is 7.45. The highest BCUT2D eigenvalue weighted by atomic mass is 31.1. The fourth-order valence-electron chi connectivity index (χ4n) is 6.86.